The highest BCUT2D eigenvalue weighted by molar-refractivity contribution is 9.10. The number of hydrogen-bond donors (Lipinski definition) is 2. The lowest BCUT2D eigenvalue weighted by Crippen LogP contribution is -2.38. The Labute approximate surface area is 129 Å². The van der Waals surface area contributed by atoms with Crippen molar-refractivity contribution in [2.45, 2.75) is 38.6 Å². The summed E-state index contributed by atoms with van der Waals surface area (Å²) in [6, 6.07) is 6.01. The van der Waals surface area contributed by atoms with Crippen LogP contribution in [0.4, 0.5) is 0 Å². The van der Waals surface area contributed by atoms with E-state index < -0.39 is 0 Å². The minimum absolute atomic E-state index is 0.0869. The van der Waals surface area contributed by atoms with Crippen LogP contribution in [-0.4, -0.2) is 25.4 Å². The van der Waals surface area contributed by atoms with Crippen LogP contribution in [0.5, 0.6) is 5.75 Å². The smallest absolute Gasteiger partial charge is 0.119 e. The number of ether oxygens (including phenoxy) is 1. The zero-order valence-corrected chi connectivity index (χ0v) is 13.7. The molecule has 0 bridgehead atoms. The molecule has 3 nitrogen and oxygen atoms in total. The van der Waals surface area contributed by atoms with E-state index in [1.54, 1.807) is 7.11 Å². The van der Waals surface area contributed by atoms with Gasteiger partial charge in [0.2, 0.25) is 0 Å². The summed E-state index contributed by atoms with van der Waals surface area (Å²) >= 11 is 3.57. The third-order valence-corrected chi connectivity index (χ3v) is 5.09. The van der Waals surface area contributed by atoms with Crippen LogP contribution in [0.3, 0.4) is 0 Å². The molecule has 0 spiro atoms. The molecular weight excluding hydrogens is 318 g/mol. The third kappa shape index (κ3) is 3.96. The van der Waals surface area contributed by atoms with Crippen molar-refractivity contribution in [3.63, 3.8) is 0 Å². The molecule has 0 aromatic heterocycles. The van der Waals surface area contributed by atoms with Crippen molar-refractivity contribution in [2.75, 3.05) is 20.3 Å². The van der Waals surface area contributed by atoms with E-state index in [4.69, 9.17) is 4.74 Å². The Balaban J connectivity index is 1.91. The summed E-state index contributed by atoms with van der Waals surface area (Å²) < 4.78 is 6.35. The first-order chi connectivity index (χ1) is 9.69. The Morgan fingerprint density at radius 3 is 2.70 bits per heavy atom. The molecule has 0 heterocycles. The van der Waals surface area contributed by atoms with Crippen LogP contribution >= 0.6 is 15.9 Å². The van der Waals surface area contributed by atoms with Crippen LogP contribution in [0.2, 0.25) is 0 Å². The van der Waals surface area contributed by atoms with Crippen LogP contribution in [0.1, 0.15) is 37.7 Å². The Bertz CT molecular complexity index is 430. The highest BCUT2D eigenvalue weighted by Gasteiger charge is 2.30. The lowest BCUT2D eigenvalue weighted by atomic mass is 9.74. The Hall–Kier alpha value is -0.580. The average molecular weight is 342 g/mol. The summed E-state index contributed by atoms with van der Waals surface area (Å²) in [5.74, 6) is 0.875. The molecule has 2 rings (SSSR count). The molecule has 112 valence electrons. The Kier molecular flexibility index (Phi) is 5.87. The summed E-state index contributed by atoms with van der Waals surface area (Å²) in [5.41, 5.74) is 1.28. The predicted octanol–water partition coefficient (Wildman–Crippen LogP) is 3.49. The normalized spacial score (nSPS) is 17.9. The number of methoxy groups -OCH3 is 1. The van der Waals surface area contributed by atoms with Gasteiger partial charge in [-0.15, -0.1) is 0 Å². The molecule has 1 aliphatic carbocycles. The maximum Gasteiger partial charge on any atom is 0.119 e. The minimum atomic E-state index is 0.0869. The molecule has 1 aliphatic rings. The topological polar surface area (TPSA) is 41.5 Å². The molecule has 0 saturated heterocycles. The number of benzene rings is 1. The van der Waals surface area contributed by atoms with Crippen molar-refractivity contribution >= 4 is 15.9 Å². The van der Waals surface area contributed by atoms with Gasteiger partial charge in [0.25, 0.3) is 0 Å². The van der Waals surface area contributed by atoms with E-state index in [9.17, 15) is 5.11 Å². The van der Waals surface area contributed by atoms with Gasteiger partial charge in [-0.1, -0.05) is 35.2 Å². The molecule has 1 aromatic carbocycles. The van der Waals surface area contributed by atoms with E-state index in [1.807, 2.05) is 18.2 Å². The SMILES string of the molecule is COc1ccc(Br)c(CNCC2(CO)CCCCC2)c1. The molecule has 0 aliphatic heterocycles. The number of halogens is 1. The molecule has 20 heavy (non-hydrogen) atoms. The largest absolute Gasteiger partial charge is 0.497 e. The number of aliphatic hydroxyl groups is 1. The maximum absolute atomic E-state index is 9.71. The molecule has 1 saturated carbocycles. The van der Waals surface area contributed by atoms with Crippen molar-refractivity contribution in [1.82, 2.24) is 5.32 Å². The monoisotopic (exact) mass is 341 g/mol. The van der Waals surface area contributed by atoms with Gasteiger partial charge in [0.1, 0.15) is 5.75 Å². The number of nitrogens with one attached hydrogen (secondary N) is 1. The zero-order chi connectivity index (χ0) is 14.4. The van der Waals surface area contributed by atoms with Gasteiger partial charge < -0.3 is 15.2 Å². The molecule has 0 radical (unpaired) electrons. The highest BCUT2D eigenvalue weighted by atomic mass is 79.9. The second-order valence-electron chi connectivity index (χ2n) is 5.78. The van der Waals surface area contributed by atoms with Gasteiger partial charge in [-0.05, 0) is 36.6 Å². The van der Waals surface area contributed by atoms with Crippen molar-refractivity contribution in [2.24, 2.45) is 5.41 Å². The predicted molar refractivity (Wildman–Crippen MR) is 85.0 cm³/mol. The van der Waals surface area contributed by atoms with Crippen LogP contribution in [0.15, 0.2) is 22.7 Å². The fraction of sp³-hybridized carbons (Fsp3) is 0.625. The van der Waals surface area contributed by atoms with Crippen LogP contribution in [-0.2, 0) is 6.54 Å². The minimum Gasteiger partial charge on any atom is -0.497 e. The molecule has 0 atom stereocenters. The molecule has 1 fully saturated rings. The van der Waals surface area contributed by atoms with Crippen LogP contribution in [0, 0.1) is 5.41 Å². The Morgan fingerprint density at radius 2 is 2.05 bits per heavy atom. The molecule has 4 heteroatoms. The van der Waals surface area contributed by atoms with Crippen molar-refractivity contribution in [1.29, 1.82) is 0 Å². The first-order valence-corrected chi connectivity index (χ1v) is 8.12. The van der Waals surface area contributed by atoms with Gasteiger partial charge in [0, 0.05) is 29.6 Å². The van der Waals surface area contributed by atoms with Crippen molar-refractivity contribution in [3.8, 4) is 5.75 Å². The van der Waals surface area contributed by atoms with Crippen molar-refractivity contribution < 1.29 is 9.84 Å². The van der Waals surface area contributed by atoms with E-state index in [-0.39, 0.29) is 5.41 Å². The molecule has 1 aromatic rings. The zero-order valence-electron chi connectivity index (χ0n) is 12.1. The Morgan fingerprint density at radius 1 is 1.30 bits per heavy atom. The fourth-order valence-electron chi connectivity index (χ4n) is 2.97. The van der Waals surface area contributed by atoms with E-state index in [0.717, 1.165) is 36.2 Å². The lowest BCUT2D eigenvalue weighted by Gasteiger charge is -2.35. The lowest BCUT2D eigenvalue weighted by molar-refractivity contribution is 0.0810. The summed E-state index contributed by atoms with van der Waals surface area (Å²) in [7, 11) is 1.68. The van der Waals surface area contributed by atoms with Crippen molar-refractivity contribution in [3.05, 3.63) is 28.2 Å². The molecule has 0 amide bonds. The van der Waals surface area contributed by atoms with Gasteiger partial charge in [-0.3, -0.25) is 0 Å². The van der Waals surface area contributed by atoms with Crippen LogP contribution in [0.25, 0.3) is 0 Å². The van der Waals surface area contributed by atoms with Gasteiger partial charge in [-0.2, -0.15) is 0 Å². The van der Waals surface area contributed by atoms with Gasteiger partial charge >= 0.3 is 0 Å². The van der Waals surface area contributed by atoms with E-state index in [0.29, 0.717) is 6.61 Å². The van der Waals surface area contributed by atoms with E-state index >= 15 is 0 Å². The number of hydrogen-bond acceptors (Lipinski definition) is 3. The average Bonchev–Trinajstić information content (AvgIpc) is 2.50. The number of aliphatic hydroxyl groups excluding tert-OH is 1. The van der Waals surface area contributed by atoms with Gasteiger partial charge in [-0.25, -0.2) is 0 Å². The number of rotatable bonds is 6. The molecular formula is C16H24BrNO2. The first kappa shape index (κ1) is 15.8. The summed E-state index contributed by atoms with van der Waals surface area (Å²) in [4.78, 5) is 0. The fourth-order valence-corrected chi connectivity index (χ4v) is 3.36. The summed E-state index contributed by atoms with van der Waals surface area (Å²) in [6.45, 7) is 1.96. The molecule has 0 unspecified atom stereocenters. The summed E-state index contributed by atoms with van der Waals surface area (Å²) in [6.07, 6.45) is 6.06. The van der Waals surface area contributed by atoms with Gasteiger partial charge in [0.15, 0.2) is 0 Å². The first-order valence-electron chi connectivity index (χ1n) is 7.33. The van der Waals surface area contributed by atoms with Gasteiger partial charge in [0.05, 0.1) is 7.11 Å². The molecule has 2 N–H and O–H groups in total. The third-order valence-electron chi connectivity index (χ3n) is 4.32. The van der Waals surface area contributed by atoms with E-state index in [2.05, 4.69) is 21.2 Å². The highest BCUT2D eigenvalue weighted by Crippen LogP contribution is 2.35. The second-order valence-corrected chi connectivity index (χ2v) is 6.63. The quantitative estimate of drug-likeness (QED) is 0.832. The summed E-state index contributed by atoms with van der Waals surface area (Å²) in [5, 5.41) is 13.2. The maximum atomic E-state index is 9.71. The standard InChI is InChI=1S/C16H24BrNO2/c1-20-14-5-6-15(17)13(9-14)10-18-11-16(12-19)7-3-2-4-8-16/h5-6,9,18-19H,2-4,7-8,10-12H2,1H3. The second kappa shape index (κ2) is 7.43. The van der Waals surface area contributed by atoms with Crippen LogP contribution < -0.4 is 10.1 Å². The van der Waals surface area contributed by atoms with E-state index in [1.165, 1.54) is 24.8 Å².